The van der Waals surface area contributed by atoms with Crippen molar-refractivity contribution < 1.29 is 36.2 Å². The van der Waals surface area contributed by atoms with Crippen LogP contribution in [0.3, 0.4) is 0 Å². The number of alkyl halides is 6. The van der Waals surface area contributed by atoms with Gasteiger partial charge in [-0.05, 0) is 0 Å². The minimum Gasteiger partial charge on any atom is -0.480 e. The fraction of sp³-hybridized carbons (Fsp3) is 0.444. The first kappa shape index (κ1) is 13.6. The van der Waals surface area contributed by atoms with Crippen molar-refractivity contribution in [3.8, 4) is 0 Å². The molecule has 8 heteroatoms. The summed E-state index contributed by atoms with van der Waals surface area (Å²) >= 11 is 0. The molecule has 1 N–H and O–H groups in total. The van der Waals surface area contributed by atoms with E-state index in [4.69, 9.17) is 5.11 Å². The van der Waals surface area contributed by atoms with Crippen molar-refractivity contribution in [2.75, 3.05) is 0 Å². The van der Waals surface area contributed by atoms with Crippen LogP contribution in [0.25, 0.3) is 0 Å². The fourth-order valence-electron chi connectivity index (χ4n) is 1.40. The van der Waals surface area contributed by atoms with Gasteiger partial charge in [-0.2, -0.15) is 26.3 Å². The van der Waals surface area contributed by atoms with Crippen LogP contribution in [0, 0.1) is 5.41 Å². The van der Waals surface area contributed by atoms with Gasteiger partial charge in [0.05, 0.1) is 0 Å². The lowest BCUT2D eigenvalue weighted by molar-refractivity contribution is -0.219. The minimum absolute atomic E-state index is 0.227. The van der Waals surface area contributed by atoms with Crippen molar-refractivity contribution in [1.82, 2.24) is 0 Å². The first-order valence-electron chi connectivity index (χ1n) is 4.26. The van der Waals surface area contributed by atoms with Crippen LogP contribution in [0.5, 0.6) is 0 Å². The van der Waals surface area contributed by atoms with Crippen LogP contribution in [-0.2, 0) is 4.79 Å². The average molecular weight is 260 g/mol. The van der Waals surface area contributed by atoms with Gasteiger partial charge < -0.3 is 5.11 Å². The summed E-state index contributed by atoms with van der Waals surface area (Å²) in [4.78, 5) is 10.6. The van der Waals surface area contributed by atoms with E-state index in [1.807, 2.05) is 0 Å². The molecule has 1 aliphatic rings. The van der Waals surface area contributed by atoms with E-state index in [1.165, 1.54) is 0 Å². The zero-order valence-electron chi connectivity index (χ0n) is 8.06. The number of carbonyl (C=O) groups is 1. The van der Waals surface area contributed by atoms with E-state index in [0.29, 0.717) is 12.2 Å². The molecule has 96 valence electrons. The highest BCUT2D eigenvalue weighted by Crippen LogP contribution is 2.49. The molecule has 0 aromatic heterocycles. The number of carboxylic acids is 1. The summed E-state index contributed by atoms with van der Waals surface area (Å²) in [5.74, 6) is -2.35. The molecule has 0 spiro atoms. The monoisotopic (exact) mass is 260 g/mol. The molecule has 0 fully saturated rings. The highest BCUT2D eigenvalue weighted by atomic mass is 19.4. The summed E-state index contributed by atoms with van der Waals surface area (Å²) in [6.45, 7) is 0. The number of aliphatic carboxylic acids is 1. The van der Waals surface area contributed by atoms with E-state index in [-0.39, 0.29) is 6.08 Å². The van der Waals surface area contributed by atoms with E-state index in [0.717, 1.165) is 0 Å². The summed E-state index contributed by atoms with van der Waals surface area (Å²) in [6.07, 6.45) is -10.8. The smallest absolute Gasteiger partial charge is 0.412 e. The maximum absolute atomic E-state index is 12.6. The van der Waals surface area contributed by atoms with Crippen LogP contribution in [0.1, 0.15) is 6.42 Å². The first-order chi connectivity index (χ1) is 7.51. The van der Waals surface area contributed by atoms with Gasteiger partial charge in [-0.25, -0.2) is 0 Å². The molecule has 1 aliphatic carbocycles. The van der Waals surface area contributed by atoms with Crippen LogP contribution >= 0.6 is 0 Å². The molecule has 0 radical (unpaired) electrons. The highest BCUT2D eigenvalue weighted by molar-refractivity contribution is 5.79. The van der Waals surface area contributed by atoms with E-state index in [2.05, 4.69) is 0 Å². The second kappa shape index (κ2) is 3.78. The van der Waals surface area contributed by atoms with Gasteiger partial charge >= 0.3 is 18.3 Å². The molecule has 0 aromatic rings. The molecular formula is C9H6F6O2. The largest absolute Gasteiger partial charge is 0.480 e. The summed E-state index contributed by atoms with van der Waals surface area (Å²) in [7, 11) is 0. The number of hydrogen-bond donors (Lipinski definition) is 1. The first-order valence-corrected chi connectivity index (χ1v) is 4.26. The Hall–Kier alpha value is -1.47. The van der Waals surface area contributed by atoms with Gasteiger partial charge in [-0.15, -0.1) is 0 Å². The van der Waals surface area contributed by atoms with Crippen molar-refractivity contribution in [2.24, 2.45) is 5.41 Å². The molecule has 1 atom stereocenters. The van der Waals surface area contributed by atoms with Crippen molar-refractivity contribution in [1.29, 1.82) is 0 Å². The molecule has 0 bridgehead atoms. The second-order valence-corrected chi connectivity index (χ2v) is 3.50. The van der Waals surface area contributed by atoms with E-state index in [1.54, 1.807) is 0 Å². The standard InChI is InChI=1S/C9H6F6O2/c10-8(11,12)5-2-1-3-7(4-5,6(16)17)9(13,14)15/h1-3H,4H2,(H,16,17). The molecule has 0 saturated heterocycles. The molecule has 0 aliphatic heterocycles. The van der Waals surface area contributed by atoms with Gasteiger partial charge in [0.1, 0.15) is 0 Å². The van der Waals surface area contributed by atoms with Crippen LogP contribution in [0.4, 0.5) is 26.3 Å². The lowest BCUT2D eigenvalue weighted by atomic mass is 9.77. The molecule has 0 saturated carbocycles. The summed E-state index contributed by atoms with van der Waals surface area (Å²) in [5, 5.41) is 8.54. The minimum atomic E-state index is -5.29. The third-order valence-electron chi connectivity index (χ3n) is 2.40. The maximum atomic E-state index is 12.6. The Labute approximate surface area is 91.2 Å². The normalized spacial score (nSPS) is 25.6. The van der Waals surface area contributed by atoms with Gasteiger partial charge in [-0.1, -0.05) is 18.2 Å². The van der Waals surface area contributed by atoms with E-state index in [9.17, 15) is 31.1 Å². The maximum Gasteiger partial charge on any atom is 0.412 e. The van der Waals surface area contributed by atoms with E-state index < -0.39 is 35.7 Å². The molecule has 1 rings (SSSR count). The third-order valence-corrected chi connectivity index (χ3v) is 2.40. The van der Waals surface area contributed by atoms with Gasteiger partial charge in [0.25, 0.3) is 0 Å². The lowest BCUT2D eigenvalue weighted by Gasteiger charge is -2.31. The second-order valence-electron chi connectivity index (χ2n) is 3.50. The zero-order valence-corrected chi connectivity index (χ0v) is 8.06. The van der Waals surface area contributed by atoms with Crippen molar-refractivity contribution in [3.05, 3.63) is 23.8 Å². The highest BCUT2D eigenvalue weighted by Gasteiger charge is 2.61. The Bertz CT molecular complexity index is 389. The fourth-order valence-corrected chi connectivity index (χ4v) is 1.40. The van der Waals surface area contributed by atoms with Crippen molar-refractivity contribution in [3.63, 3.8) is 0 Å². The quantitative estimate of drug-likeness (QED) is 0.735. The molecule has 0 heterocycles. The Morgan fingerprint density at radius 2 is 1.76 bits per heavy atom. The molecule has 0 aromatic carbocycles. The third kappa shape index (κ3) is 2.29. The number of halogens is 6. The SMILES string of the molecule is O=C(O)C1(C(F)(F)F)C=CC=C(C(F)(F)F)C1. The summed E-state index contributed by atoms with van der Waals surface area (Å²) in [5.41, 5.74) is -5.02. The Morgan fingerprint density at radius 1 is 1.24 bits per heavy atom. The number of hydrogen-bond acceptors (Lipinski definition) is 1. The molecule has 17 heavy (non-hydrogen) atoms. The topological polar surface area (TPSA) is 37.3 Å². The van der Waals surface area contributed by atoms with Crippen molar-refractivity contribution >= 4 is 5.97 Å². The summed E-state index contributed by atoms with van der Waals surface area (Å²) in [6, 6.07) is 0. The number of carboxylic acid groups (broad SMARTS) is 1. The summed E-state index contributed by atoms with van der Waals surface area (Å²) < 4.78 is 74.6. The molecule has 0 amide bonds. The number of allylic oxidation sites excluding steroid dienone is 3. The zero-order chi connectivity index (χ0) is 13.5. The van der Waals surface area contributed by atoms with Gasteiger partial charge in [0.2, 0.25) is 0 Å². The molecular weight excluding hydrogens is 254 g/mol. The lowest BCUT2D eigenvalue weighted by Crippen LogP contribution is -2.45. The molecule has 2 nitrogen and oxygen atoms in total. The van der Waals surface area contributed by atoms with Crippen LogP contribution < -0.4 is 0 Å². The Balaban J connectivity index is 3.22. The van der Waals surface area contributed by atoms with E-state index >= 15 is 0 Å². The van der Waals surface area contributed by atoms with Crippen LogP contribution in [0.2, 0.25) is 0 Å². The van der Waals surface area contributed by atoms with Gasteiger partial charge in [-0.3, -0.25) is 4.79 Å². The average Bonchev–Trinajstić information content (AvgIpc) is 2.14. The van der Waals surface area contributed by atoms with Gasteiger partial charge in [0, 0.05) is 12.0 Å². The van der Waals surface area contributed by atoms with Gasteiger partial charge in [0.15, 0.2) is 5.41 Å². The Kier molecular flexibility index (Phi) is 3.02. The van der Waals surface area contributed by atoms with Crippen LogP contribution in [0.15, 0.2) is 23.8 Å². The van der Waals surface area contributed by atoms with Crippen molar-refractivity contribution in [2.45, 2.75) is 18.8 Å². The predicted octanol–water partition coefficient (Wildman–Crippen LogP) is 3.07. The number of rotatable bonds is 1. The van der Waals surface area contributed by atoms with Crippen LogP contribution in [-0.4, -0.2) is 23.4 Å². The predicted molar refractivity (Wildman–Crippen MR) is 44.0 cm³/mol. The Morgan fingerprint density at radius 3 is 2.12 bits per heavy atom. The molecule has 1 unspecified atom stereocenters.